The van der Waals surface area contributed by atoms with E-state index in [1.54, 1.807) is 6.07 Å². The first kappa shape index (κ1) is 13.5. The molecule has 0 amide bonds. The van der Waals surface area contributed by atoms with Crippen LogP contribution in [0.25, 0.3) is 0 Å². The van der Waals surface area contributed by atoms with E-state index in [2.05, 4.69) is 12.2 Å². The molecule has 0 radical (unpaired) electrons. The van der Waals surface area contributed by atoms with Crippen LogP contribution in [0.5, 0.6) is 0 Å². The maximum Gasteiger partial charge on any atom is 0.126 e. The van der Waals surface area contributed by atoms with Gasteiger partial charge in [-0.2, -0.15) is 0 Å². The molecule has 2 unspecified atom stereocenters. The van der Waals surface area contributed by atoms with Gasteiger partial charge in [-0.15, -0.1) is 0 Å². The molecule has 2 heteroatoms. The first-order chi connectivity index (χ1) is 8.72. The molecule has 0 aliphatic heterocycles. The topological polar surface area (TPSA) is 12.0 Å². The van der Waals surface area contributed by atoms with E-state index in [-0.39, 0.29) is 5.82 Å². The summed E-state index contributed by atoms with van der Waals surface area (Å²) < 4.78 is 14.0. The van der Waals surface area contributed by atoms with Crippen LogP contribution in [0.3, 0.4) is 0 Å². The van der Waals surface area contributed by atoms with Crippen molar-refractivity contribution in [2.75, 3.05) is 13.1 Å². The molecule has 0 aromatic heterocycles. The fourth-order valence-electron chi connectivity index (χ4n) is 3.14. The first-order valence-corrected chi connectivity index (χ1v) is 7.19. The summed E-state index contributed by atoms with van der Waals surface area (Å²) in [4.78, 5) is 0. The van der Waals surface area contributed by atoms with Gasteiger partial charge in [0, 0.05) is 0 Å². The zero-order valence-corrected chi connectivity index (χ0v) is 11.5. The van der Waals surface area contributed by atoms with E-state index in [4.69, 9.17) is 0 Å². The molecule has 2 rings (SSSR count). The van der Waals surface area contributed by atoms with Crippen LogP contribution in [0.1, 0.15) is 49.7 Å². The Kier molecular flexibility index (Phi) is 4.76. The van der Waals surface area contributed by atoms with E-state index < -0.39 is 0 Å². The van der Waals surface area contributed by atoms with Crippen molar-refractivity contribution in [3.8, 4) is 0 Å². The second kappa shape index (κ2) is 6.33. The van der Waals surface area contributed by atoms with Crippen molar-refractivity contribution in [3.63, 3.8) is 0 Å². The first-order valence-electron chi connectivity index (χ1n) is 7.19. The Morgan fingerprint density at radius 1 is 1.28 bits per heavy atom. The lowest BCUT2D eigenvalue weighted by Crippen LogP contribution is -2.29. The van der Waals surface area contributed by atoms with Gasteiger partial charge in [-0.1, -0.05) is 37.5 Å². The number of hydrogen-bond donors (Lipinski definition) is 1. The molecule has 1 fully saturated rings. The van der Waals surface area contributed by atoms with Crippen molar-refractivity contribution in [2.45, 2.75) is 45.4 Å². The standard InChI is InChI=1S/C16H24FN/c1-3-18-11-13-6-4-5-7-14(13)15-10-12(2)8-9-16(15)17/h8-10,13-14,18H,3-7,11H2,1-2H3. The lowest BCUT2D eigenvalue weighted by molar-refractivity contribution is 0.291. The molecule has 1 aromatic carbocycles. The molecule has 1 saturated carbocycles. The Bertz CT molecular complexity index is 389. The minimum absolute atomic E-state index is 0.0194. The van der Waals surface area contributed by atoms with Gasteiger partial charge >= 0.3 is 0 Å². The van der Waals surface area contributed by atoms with Gasteiger partial charge in [0.25, 0.3) is 0 Å². The molecule has 1 nitrogen and oxygen atoms in total. The van der Waals surface area contributed by atoms with Gasteiger partial charge in [-0.25, -0.2) is 4.39 Å². The lowest BCUT2D eigenvalue weighted by atomic mass is 9.75. The fraction of sp³-hybridized carbons (Fsp3) is 0.625. The maximum atomic E-state index is 14.0. The van der Waals surface area contributed by atoms with Crippen molar-refractivity contribution < 1.29 is 4.39 Å². The molecule has 1 aliphatic rings. The predicted octanol–water partition coefficient (Wildman–Crippen LogP) is 4.02. The molecule has 0 saturated heterocycles. The molecule has 2 atom stereocenters. The summed E-state index contributed by atoms with van der Waals surface area (Å²) in [7, 11) is 0. The molecule has 1 N–H and O–H groups in total. The van der Waals surface area contributed by atoms with Crippen LogP contribution in [-0.2, 0) is 0 Å². The van der Waals surface area contributed by atoms with Gasteiger partial charge in [-0.05, 0) is 56.3 Å². The van der Waals surface area contributed by atoms with Crippen LogP contribution in [0.2, 0.25) is 0 Å². The number of aryl methyl sites for hydroxylation is 1. The summed E-state index contributed by atoms with van der Waals surface area (Å²) in [5, 5.41) is 3.43. The highest BCUT2D eigenvalue weighted by Crippen LogP contribution is 2.38. The SMILES string of the molecule is CCNCC1CCCCC1c1cc(C)ccc1F. The van der Waals surface area contributed by atoms with Crippen LogP contribution in [-0.4, -0.2) is 13.1 Å². The Morgan fingerprint density at radius 2 is 2.06 bits per heavy atom. The highest BCUT2D eigenvalue weighted by atomic mass is 19.1. The molecule has 18 heavy (non-hydrogen) atoms. The molecule has 0 heterocycles. The van der Waals surface area contributed by atoms with Crippen LogP contribution in [0.4, 0.5) is 4.39 Å². The fourth-order valence-corrected chi connectivity index (χ4v) is 3.14. The lowest BCUT2D eigenvalue weighted by Gasteiger charge is -2.32. The summed E-state index contributed by atoms with van der Waals surface area (Å²) in [6, 6.07) is 5.54. The van der Waals surface area contributed by atoms with E-state index in [1.165, 1.54) is 24.8 Å². The quantitative estimate of drug-likeness (QED) is 0.850. The van der Waals surface area contributed by atoms with Crippen molar-refractivity contribution in [3.05, 3.63) is 35.1 Å². The summed E-state index contributed by atoms with van der Waals surface area (Å²) in [6.07, 6.45) is 4.89. The smallest absolute Gasteiger partial charge is 0.126 e. The number of hydrogen-bond acceptors (Lipinski definition) is 1. The number of nitrogens with one attached hydrogen (secondary N) is 1. The van der Waals surface area contributed by atoms with Gasteiger partial charge < -0.3 is 5.32 Å². The van der Waals surface area contributed by atoms with Gasteiger partial charge in [0.1, 0.15) is 5.82 Å². The van der Waals surface area contributed by atoms with Gasteiger partial charge in [0.15, 0.2) is 0 Å². The van der Waals surface area contributed by atoms with Crippen molar-refractivity contribution in [1.29, 1.82) is 0 Å². The average Bonchev–Trinajstić information content (AvgIpc) is 2.39. The minimum atomic E-state index is -0.0194. The van der Waals surface area contributed by atoms with Crippen molar-refractivity contribution in [2.24, 2.45) is 5.92 Å². The van der Waals surface area contributed by atoms with E-state index in [9.17, 15) is 4.39 Å². The largest absolute Gasteiger partial charge is 0.317 e. The Labute approximate surface area is 110 Å². The van der Waals surface area contributed by atoms with Gasteiger partial charge in [-0.3, -0.25) is 0 Å². The van der Waals surface area contributed by atoms with E-state index in [0.717, 1.165) is 25.1 Å². The van der Waals surface area contributed by atoms with Crippen LogP contribution < -0.4 is 5.32 Å². The second-order valence-corrected chi connectivity index (χ2v) is 5.48. The third kappa shape index (κ3) is 3.11. The molecular formula is C16H24FN. The van der Waals surface area contributed by atoms with Crippen LogP contribution in [0, 0.1) is 18.7 Å². The Hall–Kier alpha value is -0.890. The highest BCUT2D eigenvalue weighted by Gasteiger charge is 2.28. The predicted molar refractivity (Wildman–Crippen MR) is 74.4 cm³/mol. The van der Waals surface area contributed by atoms with Crippen LogP contribution >= 0.6 is 0 Å². The highest BCUT2D eigenvalue weighted by molar-refractivity contribution is 5.28. The van der Waals surface area contributed by atoms with Gasteiger partial charge in [0.2, 0.25) is 0 Å². The van der Waals surface area contributed by atoms with Crippen LogP contribution in [0.15, 0.2) is 18.2 Å². The van der Waals surface area contributed by atoms with E-state index >= 15 is 0 Å². The third-order valence-electron chi connectivity index (χ3n) is 4.12. The second-order valence-electron chi connectivity index (χ2n) is 5.48. The number of rotatable bonds is 4. The maximum absolute atomic E-state index is 14.0. The van der Waals surface area contributed by atoms with Gasteiger partial charge in [0.05, 0.1) is 0 Å². The Balaban J connectivity index is 2.19. The summed E-state index contributed by atoms with van der Waals surface area (Å²) in [5.41, 5.74) is 2.11. The third-order valence-corrected chi connectivity index (χ3v) is 4.12. The average molecular weight is 249 g/mol. The zero-order chi connectivity index (χ0) is 13.0. The number of halogens is 1. The molecule has 0 bridgehead atoms. The van der Waals surface area contributed by atoms with Crippen molar-refractivity contribution >= 4 is 0 Å². The summed E-state index contributed by atoms with van der Waals surface area (Å²) >= 11 is 0. The molecule has 0 spiro atoms. The number of benzene rings is 1. The van der Waals surface area contributed by atoms with Crippen molar-refractivity contribution in [1.82, 2.24) is 5.32 Å². The summed E-state index contributed by atoms with van der Waals surface area (Å²) in [6.45, 7) is 6.20. The zero-order valence-electron chi connectivity index (χ0n) is 11.5. The normalized spacial score (nSPS) is 24.2. The summed E-state index contributed by atoms with van der Waals surface area (Å²) in [5.74, 6) is 0.974. The molecule has 100 valence electrons. The molecule has 1 aliphatic carbocycles. The van der Waals surface area contributed by atoms with E-state index in [1.807, 2.05) is 19.1 Å². The minimum Gasteiger partial charge on any atom is -0.317 e. The van der Waals surface area contributed by atoms with E-state index in [0.29, 0.717) is 11.8 Å². The molecule has 1 aromatic rings. The monoisotopic (exact) mass is 249 g/mol. The molecular weight excluding hydrogens is 225 g/mol. The Morgan fingerprint density at radius 3 is 2.83 bits per heavy atom.